The maximum Gasteiger partial charge on any atom is 0.267 e. The van der Waals surface area contributed by atoms with Crippen molar-refractivity contribution in [2.75, 3.05) is 20.0 Å². The SMILES string of the molecule is COC(C#CC#Cc1ccc(C(=O)NC(C(=O)NO)C(C)(C)S(C)(=O)=O)cc1)CO. The van der Waals surface area contributed by atoms with Crippen LogP contribution >= 0.6 is 0 Å². The van der Waals surface area contributed by atoms with Crippen LogP contribution in [0.2, 0.25) is 0 Å². The Kier molecular flexibility index (Phi) is 9.02. The van der Waals surface area contributed by atoms with E-state index in [-0.39, 0.29) is 12.2 Å². The Hall–Kier alpha value is -2.89. The lowest BCUT2D eigenvalue weighted by Gasteiger charge is -2.31. The van der Waals surface area contributed by atoms with E-state index < -0.39 is 38.5 Å². The fraction of sp³-hybridized carbons (Fsp3) is 0.400. The van der Waals surface area contributed by atoms with Gasteiger partial charge in [-0.2, -0.15) is 0 Å². The van der Waals surface area contributed by atoms with Gasteiger partial charge in [-0.3, -0.25) is 14.8 Å². The van der Waals surface area contributed by atoms with E-state index in [1.165, 1.54) is 38.6 Å². The van der Waals surface area contributed by atoms with Crippen molar-refractivity contribution in [3.05, 3.63) is 35.4 Å². The molecule has 0 aromatic heterocycles. The Labute approximate surface area is 175 Å². The molecule has 162 valence electrons. The fourth-order valence-electron chi connectivity index (χ4n) is 2.15. The molecule has 0 saturated carbocycles. The summed E-state index contributed by atoms with van der Waals surface area (Å²) in [7, 11) is -2.34. The summed E-state index contributed by atoms with van der Waals surface area (Å²) in [6.07, 6.45) is 0.313. The number of methoxy groups -OCH3 is 1. The maximum atomic E-state index is 12.5. The Balaban J connectivity index is 3.00. The number of hydrogen-bond donors (Lipinski definition) is 4. The van der Waals surface area contributed by atoms with Crippen LogP contribution in [-0.2, 0) is 19.4 Å². The summed E-state index contributed by atoms with van der Waals surface area (Å²) in [6, 6.07) is 4.46. The smallest absolute Gasteiger partial charge is 0.267 e. The topological polar surface area (TPSA) is 142 Å². The quantitative estimate of drug-likeness (QED) is 0.256. The van der Waals surface area contributed by atoms with Crippen LogP contribution in [-0.4, -0.2) is 67.4 Å². The highest BCUT2D eigenvalue weighted by atomic mass is 32.2. The molecule has 10 heteroatoms. The van der Waals surface area contributed by atoms with Crippen LogP contribution in [0.1, 0.15) is 29.8 Å². The summed E-state index contributed by atoms with van der Waals surface area (Å²) in [4.78, 5) is 24.5. The highest BCUT2D eigenvalue weighted by molar-refractivity contribution is 7.92. The largest absolute Gasteiger partial charge is 0.393 e. The van der Waals surface area contributed by atoms with Crippen LogP contribution in [0.4, 0.5) is 0 Å². The predicted molar refractivity (Wildman–Crippen MR) is 109 cm³/mol. The normalized spacial score (nSPS) is 13.0. The number of carbonyl (C=O) groups excluding carboxylic acids is 2. The summed E-state index contributed by atoms with van der Waals surface area (Å²) in [5, 5.41) is 20.2. The average Bonchev–Trinajstić information content (AvgIpc) is 2.70. The second kappa shape index (κ2) is 10.8. The van der Waals surface area contributed by atoms with Crippen molar-refractivity contribution in [3.8, 4) is 23.7 Å². The Morgan fingerprint density at radius 3 is 2.27 bits per heavy atom. The molecule has 4 N–H and O–H groups in total. The number of hydrogen-bond acceptors (Lipinski definition) is 7. The predicted octanol–water partition coefficient (Wildman–Crippen LogP) is -0.524. The summed E-state index contributed by atoms with van der Waals surface area (Å²) in [6.45, 7) is 2.29. The van der Waals surface area contributed by atoms with E-state index in [9.17, 15) is 18.0 Å². The maximum absolute atomic E-state index is 12.5. The number of amides is 2. The first-order valence-corrected chi connectivity index (χ1v) is 10.6. The Bertz CT molecular complexity index is 990. The van der Waals surface area contributed by atoms with E-state index in [0.717, 1.165) is 6.26 Å². The number of nitrogens with one attached hydrogen (secondary N) is 2. The zero-order valence-corrected chi connectivity index (χ0v) is 17.8. The van der Waals surface area contributed by atoms with Crippen molar-refractivity contribution in [2.45, 2.75) is 30.7 Å². The van der Waals surface area contributed by atoms with E-state index >= 15 is 0 Å². The molecular weight excluding hydrogens is 412 g/mol. The summed E-state index contributed by atoms with van der Waals surface area (Å²) < 4.78 is 27.2. The first-order chi connectivity index (χ1) is 14.0. The number of carbonyl (C=O) groups is 2. The molecule has 2 amide bonds. The number of aliphatic hydroxyl groups is 1. The minimum atomic E-state index is -3.76. The van der Waals surface area contributed by atoms with Gasteiger partial charge < -0.3 is 15.2 Å². The zero-order valence-electron chi connectivity index (χ0n) is 17.0. The first kappa shape index (κ1) is 25.1. The summed E-state index contributed by atoms with van der Waals surface area (Å²) >= 11 is 0. The molecule has 0 saturated heterocycles. The van der Waals surface area contributed by atoms with E-state index in [0.29, 0.717) is 5.56 Å². The van der Waals surface area contributed by atoms with Crippen LogP contribution < -0.4 is 10.8 Å². The number of benzene rings is 1. The molecule has 0 aliphatic rings. The lowest BCUT2D eigenvalue weighted by Crippen LogP contribution is -2.60. The molecule has 0 aliphatic heterocycles. The third-order valence-electron chi connectivity index (χ3n) is 4.40. The van der Waals surface area contributed by atoms with Gasteiger partial charge in [-0.1, -0.05) is 11.8 Å². The van der Waals surface area contributed by atoms with Gasteiger partial charge >= 0.3 is 0 Å². The van der Waals surface area contributed by atoms with Crippen molar-refractivity contribution in [2.24, 2.45) is 0 Å². The van der Waals surface area contributed by atoms with Gasteiger partial charge in [-0.05, 0) is 50.0 Å². The number of hydroxylamine groups is 1. The molecule has 30 heavy (non-hydrogen) atoms. The highest BCUT2D eigenvalue weighted by Gasteiger charge is 2.44. The molecule has 0 fully saturated rings. The zero-order chi connectivity index (χ0) is 22.9. The molecule has 0 aliphatic carbocycles. The molecule has 0 bridgehead atoms. The van der Waals surface area contributed by atoms with Gasteiger partial charge in [0.25, 0.3) is 11.8 Å². The van der Waals surface area contributed by atoms with E-state index in [4.69, 9.17) is 15.1 Å². The standard InChI is InChI=1S/C20H24N2O7S/c1-20(2,30(4,27)28)17(19(25)22-26)21-18(24)15-11-9-14(10-12-15)7-5-6-8-16(13-23)29-3/h9-12,16-17,23,26H,13H2,1-4H3,(H,21,24)(H,22,25). The lowest BCUT2D eigenvalue weighted by atomic mass is 10.0. The van der Waals surface area contributed by atoms with E-state index in [1.807, 2.05) is 0 Å². The lowest BCUT2D eigenvalue weighted by molar-refractivity contribution is -0.131. The number of sulfone groups is 1. The van der Waals surface area contributed by atoms with Crippen LogP contribution in [0.25, 0.3) is 0 Å². The molecule has 1 rings (SSSR count). The van der Waals surface area contributed by atoms with Crippen molar-refractivity contribution in [3.63, 3.8) is 0 Å². The van der Waals surface area contributed by atoms with E-state index in [2.05, 4.69) is 29.0 Å². The van der Waals surface area contributed by atoms with Crippen molar-refractivity contribution in [1.29, 1.82) is 0 Å². The minimum absolute atomic E-state index is 0.159. The van der Waals surface area contributed by atoms with Gasteiger partial charge in [0.2, 0.25) is 0 Å². The highest BCUT2D eigenvalue weighted by Crippen LogP contribution is 2.21. The minimum Gasteiger partial charge on any atom is -0.393 e. The van der Waals surface area contributed by atoms with Gasteiger partial charge in [-0.15, -0.1) is 0 Å². The summed E-state index contributed by atoms with van der Waals surface area (Å²) in [5.74, 6) is 8.75. The Morgan fingerprint density at radius 1 is 1.20 bits per heavy atom. The van der Waals surface area contributed by atoms with Gasteiger partial charge in [0.05, 0.1) is 11.4 Å². The molecule has 2 atom stereocenters. The number of rotatable bonds is 7. The third-order valence-corrected chi connectivity index (χ3v) is 6.55. The summed E-state index contributed by atoms with van der Waals surface area (Å²) in [5.41, 5.74) is 2.09. The average molecular weight is 436 g/mol. The van der Waals surface area contributed by atoms with Crippen LogP contribution in [0, 0.1) is 23.7 Å². The van der Waals surface area contributed by atoms with E-state index in [1.54, 1.807) is 12.1 Å². The molecule has 0 radical (unpaired) electrons. The second-order valence-electron chi connectivity index (χ2n) is 6.76. The molecule has 0 heterocycles. The van der Waals surface area contributed by atoms with Crippen LogP contribution in [0.5, 0.6) is 0 Å². The molecule has 9 nitrogen and oxygen atoms in total. The van der Waals surface area contributed by atoms with Gasteiger partial charge in [0, 0.05) is 24.5 Å². The van der Waals surface area contributed by atoms with Crippen molar-refractivity contribution >= 4 is 21.7 Å². The fourth-order valence-corrected chi connectivity index (χ4v) is 2.75. The van der Waals surface area contributed by atoms with Crippen LogP contribution in [0.3, 0.4) is 0 Å². The molecule has 1 aromatic carbocycles. The third kappa shape index (κ3) is 6.58. The monoisotopic (exact) mass is 436 g/mol. The second-order valence-corrected chi connectivity index (χ2v) is 9.36. The number of aliphatic hydroxyl groups excluding tert-OH is 1. The molecule has 2 unspecified atom stereocenters. The number of ether oxygens (including phenoxy) is 1. The van der Waals surface area contributed by atoms with Gasteiger partial charge in [0.1, 0.15) is 12.1 Å². The molecular formula is C20H24N2O7S. The first-order valence-electron chi connectivity index (χ1n) is 8.67. The van der Waals surface area contributed by atoms with Gasteiger partial charge in [0.15, 0.2) is 9.84 Å². The molecule has 0 spiro atoms. The van der Waals surface area contributed by atoms with Crippen LogP contribution in [0.15, 0.2) is 24.3 Å². The van der Waals surface area contributed by atoms with Crippen molar-refractivity contribution in [1.82, 2.24) is 10.8 Å². The van der Waals surface area contributed by atoms with Crippen molar-refractivity contribution < 1.29 is 33.1 Å². The van der Waals surface area contributed by atoms with Gasteiger partial charge in [-0.25, -0.2) is 13.9 Å². The molecule has 1 aromatic rings. The Morgan fingerprint density at radius 2 is 1.80 bits per heavy atom.